The summed E-state index contributed by atoms with van der Waals surface area (Å²) in [4.78, 5) is 45.0. The number of carbonyl (C=O) groups excluding carboxylic acids is 3. The van der Waals surface area contributed by atoms with Crippen LogP contribution >= 0.6 is 11.8 Å². The van der Waals surface area contributed by atoms with E-state index in [1.165, 1.54) is 13.4 Å². The van der Waals surface area contributed by atoms with Crippen LogP contribution in [0.3, 0.4) is 0 Å². The van der Waals surface area contributed by atoms with Crippen molar-refractivity contribution in [1.82, 2.24) is 10.3 Å². The van der Waals surface area contributed by atoms with Gasteiger partial charge in [0, 0.05) is 40.8 Å². The van der Waals surface area contributed by atoms with Crippen LogP contribution in [0.1, 0.15) is 23.5 Å². The normalized spacial score (nSPS) is 27.5. The lowest BCUT2D eigenvalue weighted by Crippen LogP contribution is -2.66. The van der Waals surface area contributed by atoms with Crippen molar-refractivity contribution in [2.24, 2.45) is 17.6 Å². The Morgan fingerprint density at radius 1 is 1.22 bits per heavy atom. The fourth-order valence-electron chi connectivity index (χ4n) is 6.71. The topological polar surface area (TPSA) is 188 Å². The molecule has 0 spiro atoms. The third kappa shape index (κ3) is 3.74. The Kier molecular flexibility index (Phi) is 6.44. The minimum Gasteiger partial charge on any atom is -0.508 e. The van der Waals surface area contributed by atoms with E-state index in [9.17, 15) is 29.7 Å². The highest BCUT2D eigenvalue weighted by molar-refractivity contribution is 7.99. The molecule has 1 fully saturated rings. The molecule has 11 nitrogen and oxygen atoms in total. The number of nitrogens with zero attached hydrogens (tertiary/aromatic N) is 1. The van der Waals surface area contributed by atoms with E-state index in [2.05, 4.69) is 15.6 Å². The minimum absolute atomic E-state index is 0.0338. The minimum atomic E-state index is -2.67. The predicted octanol–water partition coefficient (Wildman–Crippen LogP) is 2.43. The number of aliphatic hydroxyl groups is 3. The largest absolute Gasteiger partial charge is 0.508 e. The summed E-state index contributed by atoms with van der Waals surface area (Å²) in [6.45, 7) is 0. The van der Waals surface area contributed by atoms with Crippen molar-refractivity contribution in [3.63, 3.8) is 0 Å². The van der Waals surface area contributed by atoms with Crippen molar-refractivity contribution in [3.05, 3.63) is 70.8 Å². The van der Waals surface area contributed by atoms with Gasteiger partial charge in [0.15, 0.2) is 23.4 Å². The number of primary amides is 1. The molecule has 0 radical (unpaired) electrons. The Balaban J connectivity index is 1.60. The fourth-order valence-corrected chi connectivity index (χ4v) is 7.83. The zero-order chi connectivity index (χ0) is 29.2. The number of likely N-dealkylation sites (N-methyl/N-ethyl adjacent to an activating group) is 1. The van der Waals surface area contributed by atoms with Crippen molar-refractivity contribution in [2.45, 2.75) is 28.9 Å². The Labute approximate surface area is 238 Å². The molecular weight excluding hydrogens is 548 g/mol. The second-order valence-corrected chi connectivity index (χ2v) is 11.5. The molecule has 212 valence electrons. The molecule has 6 rings (SSSR count). The van der Waals surface area contributed by atoms with E-state index >= 15 is 0 Å². The third-order valence-electron chi connectivity index (χ3n) is 8.55. The van der Waals surface area contributed by atoms with Crippen LogP contribution in [0.25, 0.3) is 16.9 Å². The van der Waals surface area contributed by atoms with Gasteiger partial charge in [-0.15, -0.1) is 11.8 Å². The SMILES string of the molecule is CNc1cc2ncoc2c2c1[C@H](CSc1ccccc1)[C@H]1C[C@H]3[C@H](NC)C(=O)C(C(N)=O)=C(O)[C@@]3(O)C(=O)C1=C2O. The maximum Gasteiger partial charge on any atom is 0.255 e. The molecule has 1 amide bonds. The lowest BCUT2D eigenvalue weighted by Gasteiger charge is -2.50. The molecule has 12 heteroatoms. The molecule has 1 heterocycles. The molecule has 3 aliphatic carbocycles. The number of fused-ring (bicyclic) bond motifs is 5. The number of aliphatic hydroxyl groups excluding tert-OH is 2. The van der Waals surface area contributed by atoms with Gasteiger partial charge < -0.3 is 36.1 Å². The summed E-state index contributed by atoms with van der Waals surface area (Å²) in [5.41, 5.74) is 4.16. The number of benzene rings is 2. The second-order valence-electron chi connectivity index (χ2n) is 10.4. The molecule has 1 saturated carbocycles. The van der Waals surface area contributed by atoms with Crippen LogP contribution in [0, 0.1) is 11.8 Å². The van der Waals surface area contributed by atoms with Crippen LogP contribution < -0.4 is 16.4 Å². The van der Waals surface area contributed by atoms with Gasteiger partial charge in [-0.05, 0) is 43.1 Å². The van der Waals surface area contributed by atoms with Crippen molar-refractivity contribution in [2.75, 3.05) is 25.2 Å². The van der Waals surface area contributed by atoms with Gasteiger partial charge >= 0.3 is 0 Å². The summed E-state index contributed by atoms with van der Waals surface area (Å²) in [6, 6.07) is 10.3. The molecule has 0 bridgehead atoms. The predicted molar refractivity (Wildman–Crippen MR) is 151 cm³/mol. The lowest BCUT2D eigenvalue weighted by atomic mass is 9.55. The van der Waals surface area contributed by atoms with Crippen molar-refractivity contribution >= 4 is 51.8 Å². The Morgan fingerprint density at radius 3 is 2.61 bits per heavy atom. The monoisotopic (exact) mass is 576 g/mol. The van der Waals surface area contributed by atoms with Crippen molar-refractivity contribution in [1.29, 1.82) is 0 Å². The first kappa shape index (κ1) is 27.1. The lowest BCUT2D eigenvalue weighted by molar-refractivity contribution is -0.150. The number of aromatic nitrogens is 1. The summed E-state index contributed by atoms with van der Waals surface area (Å²) >= 11 is 1.56. The molecule has 5 atom stereocenters. The first-order valence-corrected chi connectivity index (χ1v) is 14.0. The number of hydrogen-bond acceptors (Lipinski definition) is 11. The van der Waals surface area contributed by atoms with Crippen LogP contribution in [-0.4, -0.2) is 69.3 Å². The number of nitrogens with two attached hydrogens (primary N) is 1. The van der Waals surface area contributed by atoms with Gasteiger partial charge in [-0.1, -0.05) is 18.2 Å². The molecule has 1 aromatic heterocycles. The smallest absolute Gasteiger partial charge is 0.255 e. The molecule has 2 aromatic carbocycles. The van der Waals surface area contributed by atoms with Crippen LogP contribution in [0.4, 0.5) is 5.69 Å². The number of nitrogens with one attached hydrogen (secondary N) is 2. The number of rotatable bonds is 6. The van der Waals surface area contributed by atoms with E-state index in [4.69, 9.17) is 10.2 Å². The van der Waals surface area contributed by atoms with Gasteiger partial charge in [0.05, 0.1) is 11.6 Å². The van der Waals surface area contributed by atoms with E-state index in [0.717, 1.165) is 4.90 Å². The van der Waals surface area contributed by atoms with Crippen LogP contribution in [-0.2, 0) is 14.4 Å². The standard InChI is InChI=1S/C29H28N4O7S/c1-31-16-9-17-25(40-11-33-17)20-18(16)14(10-41-12-6-4-3-5-7-12)13-8-15-22(32-2)24(35)21(28(30)38)27(37)29(15,39)26(36)19(13)23(20)34/h3-7,9,11,13-15,22,31-32,34,37,39H,8,10H2,1-2H3,(H2,30,38)/t13-,14-,15+,22+,29+/m1/s1. The van der Waals surface area contributed by atoms with E-state index < -0.39 is 64.0 Å². The van der Waals surface area contributed by atoms with Gasteiger partial charge in [-0.3, -0.25) is 14.4 Å². The van der Waals surface area contributed by atoms with Gasteiger partial charge in [0.25, 0.3) is 5.91 Å². The summed E-state index contributed by atoms with van der Waals surface area (Å²) in [7, 11) is 3.21. The molecule has 0 saturated heterocycles. The maximum atomic E-state index is 14.3. The number of anilines is 1. The van der Waals surface area contributed by atoms with Crippen molar-refractivity contribution in [3.8, 4) is 0 Å². The number of hydrogen-bond donors (Lipinski definition) is 6. The Morgan fingerprint density at radius 2 is 1.95 bits per heavy atom. The summed E-state index contributed by atoms with van der Waals surface area (Å²) in [5.74, 6) is -6.30. The molecule has 7 N–H and O–H groups in total. The van der Waals surface area contributed by atoms with Crippen LogP contribution in [0.5, 0.6) is 0 Å². The van der Waals surface area contributed by atoms with E-state index in [-0.39, 0.29) is 23.1 Å². The highest BCUT2D eigenvalue weighted by Crippen LogP contribution is 2.57. The van der Waals surface area contributed by atoms with Gasteiger partial charge in [-0.25, -0.2) is 4.98 Å². The first-order chi connectivity index (χ1) is 19.6. The number of carbonyl (C=O) groups is 3. The van der Waals surface area contributed by atoms with E-state index in [1.807, 2.05) is 36.4 Å². The maximum absolute atomic E-state index is 14.3. The fraction of sp³-hybridized carbons (Fsp3) is 0.310. The number of amides is 1. The number of oxazole rings is 1. The average Bonchev–Trinajstić information content (AvgIpc) is 3.43. The zero-order valence-corrected chi connectivity index (χ0v) is 23.0. The highest BCUT2D eigenvalue weighted by atomic mass is 32.2. The second kappa shape index (κ2) is 9.75. The van der Waals surface area contributed by atoms with E-state index in [0.29, 0.717) is 22.5 Å². The first-order valence-electron chi connectivity index (χ1n) is 13.1. The Bertz CT molecular complexity index is 1680. The Hall–Kier alpha value is -4.13. The van der Waals surface area contributed by atoms with Gasteiger partial charge in [-0.2, -0.15) is 0 Å². The molecule has 0 unspecified atom stereocenters. The van der Waals surface area contributed by atoms with Gasteiger partial charge in [0.2, 0.25) is 5.78 Å². The highest BCUT2D eigenvalue weighted by Gasteiger charge is 2.64. The number of ketones is 2. The number of Topliss-reactive ketones (excluding diaryl/α,β-unsaturated/α-hetero) is 2. The molecular formula is C29H28N4O7S. The number of thioether (sulfide) groups is 1. The summed E-state index contributed by atoms with van der Waals surface area (Å²) in [5, 5.41) is 40.7. The van der Waals surface area contributed by atoms with E-state index in [1.54, 1.807) is 18.8 Å². The average molecular weight is 577 g/mol. The molecule has 3 aromatic rings. The van der Waals surface area contributed by atoms with Gasteiger partial charge in [0.1, 0.15) is 22.6 Å². The van der Waals surface area contributed by atoms with Crippen LogP contribution in [0.2, 0.25) is 0 Å². The molecule has 0 aliphatic heterocycles. The summed E-state index contributed by atoms with van der Waals surface area (Å²) < 4.78 is 5.67. The van der Waals surface area contributed by atoms with Crippen molar-refractivity contribution < 1.29 is 34.1 Å². The molecule has 41 heavy (non-hydrogen) atoms. The quantitative estimate of drug-likeness (QED) is 0.187. The van der Waals surface area contributed by atoms with Crippen LogP contribution in [0.15, 0.2) is 69.0 Å². The zero-order valence-electron chi connectivity index (χ0n) is 22.2. The third-order valence-corrected chi connectivity index (χ3v) is 9.68. The molecule has 3 aliphatic rings. The summed E-state index contributed by atoms with van der Waals surface area (Å²) in [6.07, 6.45) is 1.28.